The second-order valence-corrected chi connectivity index (χ2v) is 6.70. The summed E-state index contributed by atoms with van der Waals surface area (Å²) in [4.78, 5) is 12.3. The molecule has 1 heterocycles. The van der Waals surface area contributed by atoms with Gasteiger partial charge in [-0.25, -0.2) is 4.79 Å². The molecule has 0 aromatic heterocycles. The summed E-state index contributed by atoms with van der Waals surface area (Å²) in [6.45, 7) is 4.15. The average molecular weight is 316 g/mol. The Bertz CT molecular complexity index is 697. The first kappa shape index (κ1) is 14.9. The van der Waals surface area contributed by atoms with Gasteiger partial charge in [0.2, 0.25) is 0 Å². The van der Waals surface area contributed by atoms with E-state index in [0.717, 1.165) is 22.7 Å². The van der Waals surface area contributed by atoms with E-state index < -0.39 is 0 Å². The van der Waals surface area contributed by atoms with Crippen molar-refractivity contribution >= 4 is 23.3 Å². The fourth-order valence-electron chi connectivity index (χ4n) is 2.71. The van der Waals surface area contributed by atoms with Gasteiger partial charge in [-0.1, -0.05) is 43.6 Å². The molecule has 3 rings (SSSR count). The number of ether oxygens (including phenoxy) is 1. The van der Waals surface area contributed by atoms with Crippen molar-refractivity contribution in [3.63, 3.8) is 0 Å². The molecule has 0 saturated carbocycles. The van der Waals surface area contributed by atoms with Crippen LogP contribution in [0.1, 0.15) is 29.8 Å². The summed E-state index contributed by atoms with van der Waals surface area (Å²) >= 11 is 6.06. The Kier molecular flexibility index (Phi) is 3.83. The standard InChI is InChI=1S/C18H18ClNO2/c1-18(2)11-13-10-14(19)8-9-15(13)20-17(18)22-16(21)12-6-4-3-5-7-12/h3-10,17,20H,11H2,1-2H3. The molecular formula is C18H18ClNO2. The molecule has 1 aliphatic rings. The van der Waals surface area contributed by atoms with Crippen LogP contribution in [0.3, 0.4) is 0 Å². The van der Waals surface area contributed by atoms with E-state index in [4.69, 9.17) is 16.3 Å². The smallest absolute Gasteiger partial charge is 0.340 e. The first-order chi connectivity index (χ1) is 10.5. The maximum Gasteiger partial charge on any atom is 0.340 e. The fraction of sp³-hybridized carbons (Fsp3) is 0.278. The fourth-order valence-corrected chi connectivity index (χ4v) is 2.90. The highest BCUT2D eigenvalue weighted by Gasteiger charge is 2.37. The van der Waals surface area contributed by atoms with Gasteiger partial charge in [-0.05, 0) is 42.3 Å². The molecule has 0 spiro atoms. The van der Waals surface area contributed by atoms with Gasteiger partial charge in [-0.15, -0.1) is 0 Å². The molecule has 0 saturated heterocycles. The lowest BCUT2D eigenvalue weighted by molar-refractivity contribution is 0.00138. The number of halogens is 1. The molecule has 1 N–H and O–H groups in total. The Balaban J connectivity index is 1.82. The molecule has 2 aromatic rings. The number of carbonyl (C=O) groups is 1. The van der Waals surface area contributed by atoms with Gasteiger partial charge in [-0.2, -0.15) is 0 Å². The first-order valence-electron chi connectivity index (χ1n) is 7.27. The van der Waals surface area contributed by atoms with Crippen LogP contribution in [-0.4, -0.2) is 12.2 Å². The minimum atomic E-state index is -0.381. The predicted octanol–water partition coefficient (Wildman–Crippen LogP) is 4.52. The minimum Gasteiger partial charge on any atom is -0.438 e. The van der Waals surface area contributed by atoms with E-state index in [1.807, 2.05) is 36.4 Å². The highest BCUT2D eigenvalue weighted by Crippen LogP contribution is 2.38. The SMILES string of the molecule is CC1(C)Cc2cc(Cl)ccc2NC1OC(=O)c1ccccc1. The molecule has 4 heteroatoms. The number of fused-ring (bicyclic) bond motifs is 1. The first-order valence-corrected chi connectivity index (χ1v) is 7.64. The van der Waals surface area contributed by atoms with Gasteiger partial charge in [0, 0.05) is 16.1 Å². The lowest BCUT2D eigenvalue weighted by atomic mass is 9.80. The number of rotatable bonds is 2. The Hall–Kier alpha value is -2.00. The van der Waals surface area contributed by atoms with E-state index in [0.29, 0.717) is 5.56 Å². The van der Waals surface area contributed by atoms with Crippen molar-refractivity contribution in [3.05, 3.63) is 64.7 Å². The van der Waals surface area contributed by atoms with Crippen molar-refractivity contribution in [2.45, 2.75) is 26.5 Å². The molecule has 1 atom stereocenters. The lowest BCUT2D eigenvalue weighted by Crippen LogP contribution is -2.44. The number of anilines is 1. The van der Waals surface area contributed by atoms with Crippen LogP contribution in [0.2, 0.25) is 5.02 Å². The van der Waals surface area contributed by atoms with Crippen molar-refractivity contribution in [3.8, 4) is 0 Å². The quantitative estimate of drug-likeness (QED) is 0.828. The molecule has 0 fully saturated rings. The van der Waals surface area contributed by atoms with Crippen LogP contribution in [0.4, 0.5) is 5.69 Å². The zero-order chi connectivity index (χ0) is 15.7. The molecular weight excluding hydrogens is 298 g/mol. The third-order valence-corrected chi connectivity index (χ3v) is 4.18. The summed E-state index contributed by atoms with van der Waals surface area (Å²) < 4.78 is 5.70. The summed E-state index contributed by atoms with van der Waals surface area (Å²) in [6.07, 6.45) is 0.414. The zero-order valence-corrected chi connectivity index (χ0v) is 13.4. The van der Waals surface area contributed by atoms with Crippen LogP contribution >= 0.6 is 11.6 Å². The van der Waals surface area contributed by atoms with Crippen LogP contribution in [-0.2, 0) is 11.2 Å². The molecule has 114 valence electrons. The van der Waals surface area contributed by atoms with Crippen LogP contribution in [0.25, 0.3) is 0 Å². The minimum absolute atomic E-state index is 0.220. The van der Waals surface area contributed by atoms with E-state index in [1.54, 1.807) is 12.1 Å². The van der Waals surface area contributed by atoms with E-state index in [2.05, 4.69) is 19.2 Å². The maximum absolute atomic E-state index is 12.3. The van der Waals surface area contributed by atoms with Crippen molar-refractivity contribution in [2.75, 3.05) is 5.32 Å². The van der Waals surface area contributed by atoms with E-state index in [-0.39, 0.29) is 17.6 Å². The Morgan fingerprint density at radius 2 is 1.95 bits per heavy atom. The molecule has 22 heavy (non-hydrogen) atoms. The van der Waals surface area contributed by atoms with Crippen molar-refractivity contribution in [2.24, 2.45) is 5.41 Å². The number of hydrogen-bond acceptors (Lipinski definition) is 3. The van der Waals surface area contributed by atoms with Crippen molar-refractivity contribution in [1.82, 2.24) is 0 Å². The summed E-state index contributed by atoms with van der Waals surface area (Å²) in [5, 5.41) is 4.03. The summed E-state index contributed by atoms with van der Waals surface area (Å²) in [6, 6.07) is 14.8. The van der Waals surface area contributed by atoms with Gasteiger partial charge in [0.05, 0.1) is 5.56 Å². The largest absolute Gasteiger partial charge is 0.438 e. The third kappa shape index (κ3) is 2.95. The Morgan fingerprint density at radius 1 is 1.23 bits per heavy atom. The van der Waals surface area contributed by atoms with E-state index in [1.165, 1.54) is 0 Å². The Morgan fingerprint density at radius 3 is 2.68 bits per heavy atom. The van der Waals surface area contributed by atoms with E-state index in [9.17, 15) is 4.79 Å². The number of nitrogens with one attached hydrogen (secondary N) is 1. The molecule has 1 aliphatic heterocycles. The van der Waals surface area contributed by atoms with Gasteiger partial charge in [0.15, 0.2) is 6.23 Å². The second kappa shape index (κ2) is 5.65. The number of esters is 1. The third-order valence-electron chi connectivity index (χ3n) is 3.94. The van der Waals surface area contributed by atoms with Gasteiger partial charge >= 0.3 is 5.97 Å². The molecule has 2 aromatic carbocycles. The van der Waals surface area contributed by atoms with Gasteiger partial charge in [0.25, 0.3) is 0 Å². The molecule has 0 aliphatic carbocycles. The molecule has 0 radical (unpaired) electrons. The predicted molar refractivity (Wildman–Crippen MR) is 88.2 cm³/mol. The Labute approximate surface area is 135 Å². The average Bonchev–Trinajstić information content (AvgIpc) is 2.48. The normalized spacial score (nSPS) is 19.0. The second-order valence-electron chi connectivity index (χ2n) is 6.26. The number of benzene rings is 2. The van der Waals surface area contributed by atoms with Gasteiger partial charge in [-0.3, -0.25) is 0 Å². The molecule has 1 unspecified atom stereocenters. The van der Waals surface area contributed by atoms with Crippen molar-refractivity contribution < 1.29 is 9.53 Å². The highest BCUT2D eigenvalue weighted by molar-refractivity contribution is 6.30. The molecule has 0 amide bonds. The van der Waals surface area contributed by atoms with Crippen LogP contribution in [0, 0.1) is 5.41 Å². The van der Waals surface area contributed by atoms with Crippen molar-refractivity contribution in [1.29, 1.82) is 0 Å². The van der Waals surface area contributed by atoms with E-state index >= 15 is 0 Å². The van der Waals surface area contributed by atoms with Gasteiger partial charge < -0.3 is 10.1 Å². The lowest BCUT2D eigenvalue weighted by Gasteiger charge is -2.39. The number of hydrogen-bond donors (Lipinski definition) is 1. The zero-order valence-electron chi connectivity index (χ0n) is 12.6. The van der Waals surface area contributed by atoms with Crippen LogP contribution < -0.4 is 5.32 Å². The molecule has 0 bridgehead atoms. The monoisotopic (exact) mass is 315 g/mol. The maximum atomic E-state index is 12.3. The number of carbonyl (C=O) groups excluding carboxylic acids is 1. The summed E-state index contributed by atoms with van der Waals surface area (Å²) in [5.41, 5.74) is 2.45. The summed E-state index contributed by atoms with van der Waals surface area (Å²) in [5.74, 6) is -0.316. The highest BCUT2D eigenvalue weighted by atomic mass is 35.5. The molecule has 3 nitrogen and oxygen atoms in total. The topological polar surface area (TPSA) is 38.3 Å². The summed E-state index contributed by atoms with van der Waals surface area (Å²) in [7, 11) is 0. The van der Waals surface area contributed by atoms with Crippen LogP contribution in [0.15, 0.2) is 48.5 Å². The van der Waals surface area contributed by atoms with Crippen LogP contribution in [0.5, 0.6) is 0 Å². The van der Waals surface area contributed by atoms with Gasteiger partial charge in [0.1, 0.15) is 0 Å².